The van der Waals surface area contributed by atoms with Crippen LogP contribution in [0.3, 0.4) is 0 Å². The van der Waals surface area contributed by atoms with Crippen molar-refractivity contribution in [3.8, 4) is 63.1 Å². The molecule has 0 saturated carbocycles. The van der Waals surface area contributed by atoms with Gasteiger partial charge in [-0.3, -0.25) is 51.6 Å². The van der Waals surface area contributed by atoms with Gasteiger partial charge in [0, 0.05) is 208 Å². The second-order valence-electron chi connectivity index (χ2n) is 36.0. The zero-order valence-corrected chi connectivity index (χ0v) is 80.7. The summed E-state index contributed by atoms with van der Waals surface area (Å²) in [5.41, 5.74) is 14.2. The molecule has 25 heterocycles. The Kier molecular flexibility index (Phi) is 27.2. The summed E-state index contributed by atoms with van der Waals surface area (Å²) in [7, 11) is 0. The van der Waals surface area contributed by atoms with Gasteiger partial charge >= 0.3 is 12.4 Å². The number of aliphatic imine (C=N–C) groups is 1. The first kappa shape index (κ1) is 96.9. The molecule has 44 nitrogen and oxygen atoms in total. The molecular formula is C97H96ClF6N41O3. The molecule has 7 aliphatic heterocycles. The van der Waals surface area contributed by atoms with E-state index in [4.69, 9.17) is 32.3 Å². The van der Waals surface area contributed by atoms with Gasteiger partial charge in [-0.1, -0.05) is 29.8 Å². The zero-order valence-electron chi connectivity index (χ0n) is 79.9. The van der Waals surface area contributed by atoms with Gasteiger partial charge in [0.2, 0.25) is 11.8 Å². The number of carbonyl (C=O) groups excluding carboxylic acids is 3. The monoisotopic (exact) mass is 2030 g/mol. The van der Waals surface area contributed by atoms with Crippen LogP contribution in [-0.4, -0.2) is 297 Å². The lowest BCUT2D eigenvalue weighted by molar-refractivity contribution is -0.142. The predicted molar refractivity (Wildman–Crippen MR) is 533 cm³/mol. The van der Waals surface area contributed by atoms with Crippen molar-refractivity contribution in [2.75, 3.05) is 116 Å². The Morgan fingerprint density at radius 3 is 1.59 bits per heavy atom. The maximum absolute atomic E-state index is 13.1. The smallest absolute Gasteiger partial charge is 0.364 e. The van der Waals surface area contributed by atoms with Crippen LogP contribution >= 0.6 is 11.6 Å². The normalized spacial score (nSPS) is 19.1. The quantitative estimate of drug-likeness (QED) is 0.0520. The molecule has 25 rings (SSSR count). The first-order valence-electron chi connectivity index (χ1n) is 47.7. The number of nitrogens with one attached hydrogen (secondary N) is 5. The summed E-state index contributed by atoms with van der Waals surface area (Å²) < 4.78 is 88.7. The molecule has 7 unspecified atom stereocenters. The van der Waals surface area contributed by atoms with Crippen molar-refractivity contribution < 1.29 is 40.7 Å². The third kappa shape index (κ3) is 20.6. The highest BCUT2D eigenvalue weighted by Crippen LogP contribution is 2.38. The molecule has 18 aromatic rings. The van der Waals surface area contributed by atoms with Gasteiger partial charge in [-0.25, -0.2) is 94.4 Å². The number of piperidine rings is 1. The number of imidazole rings is 5. The van der Waals surface area contributed by atoms with Gasteiger partial charge in [-0.2, -0.15) is 41.6 Å². The lowest BCUT2D eigenvalue weighted by Gasteiger charge is -2.44. The van der Waals surface area contributed by atoms with E-state index >= 15 is 0 Å². The number of H-pyrrole nitrogens is 2. The van der Waals surface area contributed by atoms with Crippen molar-refractivity contribution in [3.63, 3.8) is 0 Å². The Morgan fingerprint density at radius 2 is 1.01 bits per heavy atom. The van der Waals surface area contributed by atoms with Crippen LogP contribution in [-0.2, 0) is 21.9 Å². The molecule has 6 saturated heterocycles. The third-order valence-corrected chi connectivity index (χ3v) is 26.8. The van der Waals surface area contributed by atoms with E-state index in [2.05, 4.69) is 173 Å². The molecular weight excluding hydrogens is 1940 g/mol. The van der Waals surface area contributed by atoms with Gasteiger partial charge in [-0.05, 0) is 87.7 Å². The largest absolute Gasteiger partial charge is 0.434 e. The average molecular weight is 2030 g/mol. The maximum Gasteiger partial charge on any atom is 0.434 e. The zero-order chi connectivity index (χ0) is 102. The lowest BCUT2D eigenvalue weighted by atomic mass is 9.98. The minimum Gasteiger partial charge on any atom is -0.364 e. The molecule has 0 aliphatic carbocycles. The van der Waals surface area contributed by atoms with Crippen LogP contribution in [0, 0.1) is 0 Å². The van der Waals surface area contributed by atoms with E-state index in [1.54, 1.807) is 90.2 Å². The lowest BCUT2D eigenvalue weighted by Crippen LogP contribution is -2.57. The van der Waals surface area contributed by atoms with Gasteiger partial charge < -0.3 is 56.0 Å². The standard InChI is InChI=1S/C20H19F3N8.C20H20N8O.C20H21N7O2.C19H18F3N9.C18H18ClN9/c1-12-18(13-2-4-24-8-13)25-6-7-30(12)16-3-5-26-19(29-16)14-9-28-17-10-27-15(11-31(14)17)20(21,22)23;1-15(29)25-8-10-26(11-9-25)18-5-2-4-16(24-18)17-12-21-19-13-22-20(14-27(17)19)28-7-3-6-23-28;21-20(29)15-12-27-16(9-23-18(27)10-22-15)14-4-2-5-17(24-14)25-7-8-26-13(11-25)3-1-6-19(26)28;1-11-17(12-6-27-28-7-12)30(5-4-23-11)15-2-3-24-18(29-15)13-8-26-16-9-25-14(10-31(13)16)19(20,21)22;1-11-8-27(9-13(25-11)12-4-23-24-5-12)16-2-3-20-18(26-16)14-6-22-17-7-21-15(19)10-28(14)17/h2-3,5,8-12,18,25H,4,6-7H2,1H3;2-7,12-14H,8-11H2,1H3;2,4-5,9-10,12-13H,1,3,6-8,11H2,(H2,21,29);2-3,6-11,17,23H,4-5H2,1H3,(H,27,28);2-7,10-11,13,25H,8-9H2,1H3,(H,23,24). The number of carbonyl (C=O) groups is 3. The molecule has 0 spiro atoms. The van der Waals surface area contributed by atoms with E-state index in [9.17, 15) is 40.7 Å². The molecule has 0 aromatic carbocycles. The van der Waals surface area contributed by atoms with Crippen molar-refractivity contribution in [2.45, 2.75) is 102 Å². The Hall–Kier alpha value is -17.2. The number of aromatic amines is 2. The van der Waals surface area contributed by atoms with Gasteiger partial charge in [-0.15, -0.1) is 0 Å². The number of aromatic nitrogens is 29. The number of pyridine rings is 2. The van der Waals surface area contributed by atoms with E-state index in [0.29, 0.717) is 88.1 Å². The number of nitrogens with two attached hydrogens (primary N) is 1. The molecule has 6 fully saturated rings. The Morgan fingerprint density at radius 1 is 0.480 bits per heavy atom. The second-order valence-corrected chi connectivity index (χ2v) is 36.4. The summed E-state index contributed by atoms with van der Waals surface area (Å²) in [4.78, 5) is 132. The van der Waals surface area contributed by atoms with Crippen LogP contribution in [0.4, 0.5) is 55.4 Å². The summed E-state index contributed by atoms with van der Waals surface area (Å²) in [6.07, 6.45) is 35.8. The van der Waals surface area contributed by atoms with Gasteiger partial charge in [0.05, 0.1) is 128 Å². The fourth-order valence-corrected chi connectivity index (χ4v) is 19.5. The van der Waals surface area contributed by atoms with Crippen molar-refractivity contribution >= 4 is 92.9 Å². The van der Waals surface area contributed by atoms with E-state index < -0.39 is 29.6 Å². The van der Waals surface area contributed by atoms with Crippen LogP contribution in [0.5, 0.6) is 0 Å². The number of hydrogen-bond donors (Lipinski definition) is 6. The second kappa shape index (κ2) is 41.5. The number of nitrogens with zero attached hydrogens (tertiary/aromatic N) is 35. The van der Waals surface area contributed by atoms with Crippen LogP contribution < -0.4 is 46.2 Å². The molecule has 3 amide bonds. The molecule has 7 N–H and O–H groups in total. The fourth-order valence-electron chi connectivity index (χ4n) is 19.3. The van der Waals surface area contributed by atoms with Gasteiger partial charge in [0.25, 0.3) is 5.91 Å². The summed E-state index contributed by atoms with van der Waals surface area (Å²) in [6.45, 7) is 18.6. The van der Waals surface area contributed by atoms with E-state index in [1.165, 1.54) is 27.4 Å². The SMILES string of the molecule is CC(=O)N1CCN(c2cccc(-c3cnc4cnc(-n5cccn5)cn34)n2)CC1.CC1C(C2=CCN=C2)NCCN1c1ccnc(-c2cnc3cnc(C(F)(F)F)cn23)n1.CC1CN(c2ccnc(-c3cnc4cnc(Cl)cn34)n2)CC(c2cn[nH]c2)N1.CC1NCCN(c2ccnc(-c3cnc4cnc(C(F)(F)F)cn34)n2)C1c1cn[nH]c1.NC(=O)c1cn2c(-c3cccc(N4CCN5C(=O)CCCC5C4)n3)cnc2cn1. The van der Waals surface area contributed by atoms with Crippen LogP contribution in [0.2, 0.25) is 5.15 Å². The molecule has 51 heteroatoms. The summed E-state index contributed by atoms with van der Waals surface area (Å²) in [5, 5.41) is 29.1. The van der Waals surface area contributed by atoms with E-state index in [-0.39, 0.29) is 65.2 Å². The number of halogens is 7. The Balaban J connectivity index is 0.000000108. The number of amides is 3. The molecule has 7 aliphatic rings. The summed E-state index contributed by atoms with van der Waals surface area (Å²) >= 11 is 6.05. The van der Waals surface area contributed by atoms with E-state index in [0.717, 1.165) is 184 Å². The van der Waals surface area contributed by atoms with Crippen LogP contribution in [0.25, 0.3) is 91.4 Å². The molecule has 0 radical (unpaired) electrons. The number of piperazine rings is 5. The summed E-state index contributed by atoms with van der Waals surface area (Å²) in [5.74, 6) is 5.72. The number of anilines is 5. The molecule has 756 valence electrons. The maximum atomic E-state index is 13.1. The van der Waals surface area contributed by atoms with Crippen molar-refractivity contribution in [1.29, 1.82) is 0 Å². The summed E-state index contributed by atoms with van der Waals surface area (Å²) in [6, 6.07) is 20.4. The Bertz CT molecular complexity index is 7900. The van der Waals surface area contributed by atoms with Crippen molar-refractivity contribution in [3.05, 3.63) is 254 Å². The molecule has 7 atom stereocenters. The number of alkyl halides is 6. The van der Waals surface area contributed by atoms with Crippen molar-refractivity contribution in [2.24, 2.45) is 10.7 Å². The topological polar surface area (TPSA) is 478 Å². The molecule has 18 aromatic heterocycles. The highest BCUT2D eigenvalue weighted by atomic mass is 35.5. The molecule has 0 bridgehead atoms. The highest BCUT2D eigenvalue weighted by Gasteiger charge is 2.40. The third-order valence-electron chi connectivity index (χ3n) is 26.6. The Labute approximate surface area is 842 Å². The van der Waals surface area contributed by atoms with Gasteiger partial charge in [0.15, 0.2) is 62.9 Å². The minimum atomic E-state index is -4.56. The first-order valence-corrected chi connectivity index (χ1v) is 48.1. The first-order chi connectivity index (χ1) is 71.8. The van der Waals surface area contributed by atoms with Crippen LogP contribution in [0.1, 0.15) is 92.0 Å². The van der Waals surface area contributed by atoms with E-state index in [1.807, 2.05) is 117 Å². The minimum absolute atomic E-state index is 0.0153. The van der Waals surface area contributed by atoms with Crippen LogP contribution in [0.15, 0.2) is 226 Å². The van der Waals surface area contributed by atoms with Crippen molar-refractivity contribution in [1.82, 2.24) is 168 Å². The molecule has 148 heavy (non-hydrogen) atoms. The number of primary amides is 1. The van der Waals surface area contributed by atoms with Gasteiger partial charge in [0.1, 0.15) is 57.0 Å². The number of hydrogen-bond acceptors (Lipinski definition) is 33. The average Bonchev–Trinajstić information content (AvgIpc) is 1.58. The fraction of sp³-hybridized carbons (Fsp3) is 0.309. The highest BCUT2D eigenvalue weighted by molar-refractivity contribution is 6.29. The number of fused-ring (bicyclic) bond motifs is 6. The number of rotatable bonds is 15. The predicted octanol–water partition coefficient (Wildman–Crippen LogP) is 9.69.